The molecule has 0 bridgehead atoms. The van der Waals surface area contributed by atoms with Crippen LogP contribution in [0.1, 0.15) is 46.1 Å². The van der Waals surface area contributed by atoms with Crippen molar-refractivity contribution in [3.05, 3.63) is 34.3 Å². The van der Waals surface area contributed by atoms with Gasteiger partial charge in [-0.05, 0) is 43.0 Å². The highest BCUT2D eigenvalue weighted by Crippen LogP contribution is 2.27. The van der Waals surface area contributed by atoms with Gasteiger partial charge in [-0.25, -0.2) is 0 Å². The molecule has 0 heterocycles. The molecule has 0 aliphatic rings. The molecule has 0 saturated heterocycles. The van der Waals surface area contributed by atoms with Gasteiger partial charge in [0.15, 0.2) is 0 Å². The highest BCUT2D eigenvalue weighted by molar-refractivity contribution is 9.10. The lowest BCUT2D eigenvalue weighted by Gasteiger charge is -2.37. The summed E-state index contributed by atoms with van der Waals surface area (Å²) in [6, 6.07) is 9.20. The summed E-state index contributed by atoms with van der Waals surface area (Å²) in [5.74, 6) is 0. The molecule has 0 aliphatic carbocycles. The first kappa shape index (κ1) is 18.7. The Morgan fingerprint density at radius 3 is 2.19 bits per heavy atom. The van der Waals surface area contributed by atoms with E-state index >= 15 is 0 Å². The van der Waals surface area contributed by atoms with E-state index in [4.69, 9.17) is 0 Å². The molecule has 0 spiro atoms. The van der Waals surface area contributed by atoms with Gasteiger partial charge < -0.3 is 10.2 Å². The van der Waals surface area contributed by atoms with Crippen molar-refractivity contribution in [1.29, 1.82) is 0 Å². The van der Waals surface area contributed by atoms with Crippen molar-refractivity contribution in [3.63, 3.8) is 0 Å². The molecule has 0 fully saturated rings. The maximum atomic E-state index is 3.63. The lowest BCUT2D eigenvalue weighted by molar-refractivity contribution is 0.148. The molecule has 0 atom stereocenters. The van der Waals surface area contributed by atoms with Crippen LogP contribution in [-0.2, 0) is 6.54 Å². The molecule has 1 N–H and O–H groups in total. The van der Waals surface area contributed by atoms with Gasteiger partial charge in [0.1, 0.15) is 0 Å². The minimum absolute atomic E-state index is 0.369. The summed E-state index contributed by atoms with van der Waals surface area (Å²) < 4.78 is 1.14. The van der Waals surface area contributed by atoms with E-state index in [9.17, 15) is 0 Å². The Balaban J connectivity index is 2.62. The standard InChI is InChI=1S/C18H31BrN2/c1-6-18(7-2,13-20-15(3)4)14-21(5)12-16-8-10-17(19)11-9-16/h8-11,15,20H,6-7,12-14H2,1-5H3. The highest BCUT2D eigenvalue weighted by atomic mass is 79.9. The monoisotopic (exact) mass is 354 g/mol. The topological polar surface area (TPSA) is 15.3 Å². The lowest BCUT2D eigenvalue weighted by Crippen LogP contribution is -2.44. The Bertz CT molecular complexity index is 396. The average Bonchev–Trinajstić information content (AvgIpc) is 2.46. The predicted octanol–water partition coefficient (Wildman–Crippen LogP) is 4.69. The summed E-state index contributed by atoms with van der Waals surface area (Å²) in [6.07, 6.45) is 2.43. The third-order valence-corrected chi connectivity index (χ3v) is 4.89. The number of hydrogen-bond donors (Lipinski definition) is 1. The SMILES string of the molecule is CCC(CC)(CNC(C)C)CN(C)Cc1ccc(Br)cc1. The number of halogens is 1. The Morgan fingerprint density at radius 2 is 1.71 bits per heavy atom. The average molecular weight is 355 g/mol. The molecule has 3 heteroatoms. The zero-order valence-electron chi connectivity index (χ0n) is 14.2. The van der Waals surface area contributed by atoms with Gasteiger partial charge in [0.05, 0.1) is 0 Å². The van der Waals surface area contributed by atoms with E-state index in [1.807, 2.05) is 0 Å². The summed E-state index contributed by atoms with van der Waals surface area (Å²) in [5, 5.41) is 3.63. The Kier molecular flexibility index (Phi) is 7.93. The number of nitrogens with one attached hydrogen (secondary N) is 1. The summed E-state index contributed by atoms with van der Waals surface area (Å²) in [4.78, 5) is 2.46. The fourth-order valence-electron chi connectivity index (χ4n) is 2.73. The first-order chi connectivity index (χ1) is 9.90. The van der Waals surface area contributed by atoms with Gasteiger partial charge in [-0.15, -0.1) is 0 Å². The lowest BCUT2D eigenvalue weighted by atomic mass is 9.81. The third kappa shape index (κ3) is 6.50. The van der Waals surface area contributed by atoms with Crippen LogP contribution in [0.25, 0.3) is 0 Å². The second-order valence-electron chi connectivity index (χ2n) is 6.54. The van der Waals surface area contributed by atoms with Crippen molar-refractivity contribution >= 4 is 15.9 Å². The molecule has 2 nitrogen and oxygen atoms in total. The van der Waals surface area contributed by atoms with E-state index in [0.717, 1.165) is 24.1 Å². The highest BCUT2D eigenvalue weighted by Gasteiger charge is 2.27. The smallest absolute Gasteiger partial charge is 0.0230 e. The van der Waals surface area contributed by atoms with Crippen LogP contribution in [0.5, 0.6) is 0 Å². The van der Waals surface area contributed by atoms with Crippen molar-refractivity contribution in [2.24, 2.45) is 5.41 Å². The second kappa shape index (κ2) is 8.92. The van der Waals surface area contributed by atoms with Crippen molar-refractivity contribution in [2.75, 3.05) is 20.1 Å². The van der Waals surface area contributed by atoms with E-state index in [0.29, 0.717) is 11.5 Å². The zero-order valence-corrected chi connectivity index (χ0v) is 15.8. The second-order valence-corrected chi connectivity index (χ2v) is 7.46. The zero-order chi connectivity index (χ0) is 15.9. The fourth-order valence-corrected chi connectivity index (χ4v) is 2.99. The van der Waals surface area contributed by atoms with Crippen molar-refractivity contribution in [2.45, 2.75) is 53.1 Å². The van der Waals surface area contributed by atoms with Crippen LogP contribution >= 0.6 is 15.9 Å². The molecular formula is C18H31BrN2. The molecular weight excluding hydrogens is 324 g/mol. The quantitative estimate of drug-likeness (QED) is 0.692. The normalized spacial score (nSPS) is 12.4. The molecule has 0 unspecified atom stereocenters. The van der Waals surface area contributed by atoms with Crippen LogP contribution in [0, 0.1) is 5.41 Å². The van der Waals surface area contributed by atoms with Gasteiger partial charge in [-0.2, -0.15) is 0 Å². The molecule has 0 radical (unpaired) electrons. The number of nitrogens with zero attached hydrogens (tertiary/aromatic N) is 1. The Hall–Kier alpha value is -0.380. The maximum Gasteiger partial charge on any atom is 0.0230 e. The van der Waals surface area contributed by atoms with Crippen LogP contribution in [0.15, 0.2) is 28.7 Å². The molecule has 21 heavy (non-hydrogen) atoms. The molecule has 1 aromatic carbocycles. The first-order valence-corrected chi connectivity index (χ1v) is 8.86. The van der Waals surface area contributed by atoms with Crippen molar-refractivity contribution < 1.29 is 0 Å². The van der Waals surface area contributed by atoms with Crippen molar-refractivity contribution in [3.8, 4) is 0 Å². The molecule has 0 amide bonds. The first-order valence-electron chi connectivity index (χ1n) is 8.07. The maximum absolute atomic E-state index is 3.63. The van der Waals surface area contributed by atoms with Crippen LogP contribution in [-0.4, -0.2) is 31.1 Å². The minimum atomic E-state index is 0.369. The molecule has 1 aromatic rings. The fraction of sp³-hybridized carbons (Fsp3) is 0.667. The van der Waals surface area contributed by atoms with E-state index in [-0.39, 0.29) is 0 Å². The summed E-state index contributed by atoms with van der Waals surface area (Å²) >= 11 is 3.50. The van der Waals surface area contributed by atoms with Crippen molar-refractivity contribution in [1.82, 2.24) is 10.2 Å². The van der Waals surface area contributed by atoms with Gasteiger partial charge in [0.2, 0.25) is 0 Å². The Labute approximate surface area is 139 Å². The van der Waals surface area contributed by atoms with Crippen LogP contribution in [0.2, 0.25) is 0 Å². The third-order valence-electron chi connectivity index (χ3n) is 4.36. The minimum Gasteiger partial charge on any atom is -0.314 e. The summed E-state index contributed by atoms with van der Waals surface area (Å²) in [6.45, 7) is 12.3. The van der Waals surface area contributed by atoms with E-state index in [1.165, 1.54) is 18.4 Å². The van der Waals surface area contributed by atoms with Gasteiger partial charge in [-0.1, -0.05) is 55.8 Å². The van der Waals surface area contributed by atoms with Gasteiger partial charge in [0.25, 0.3) is 0 Å². The van der Waals surface area contributed by atoms with Crippen LogP contribution in [0.4, 0.5) is 0 Å². The van der Waals surface area contributed by atoms with E-state index < -0.39 is 0 Å². The molecule has 120 valence electrons. The molecule has 0 aliphatic heterocycles. The molecule has 0 aromatic heterocycles. The molecule has 1 rings (SSSR count). The predicted molar refractivity (Wildman–Crippen MR) is 96.6 cm³/mol. The Morgan fingerprint density at radius 1 is 1.14 bits per heavy atom. The number of hydrogen-bond acceptors (Lipinski definition) is 2. The van der Waals surface area contributed by atoms with Gasteiger partial charge in [0, 0.05) is 30.1 Å². The summed E-state index contributed by atoms with van der Waals surface area (Å²) in [7, 11) is 2.23. The number of rotatable bonds is 9. The number of benzene rings is 1. The van der Waals surface area contributed by atoms with E-state index in [1.54, 1.807) is 0 Å². The summed E-state index contributed by atoms with van der Waals surface area (Å²) in [5.41, 5.74) is 1.74. The van der Waals surface area contributed by atoms with Gasteiger partial charge in [-0.3, -0.25) is 0 Å². The van der Waals surface area contributed by atoms with E-state index in [2.05, 4.69) is 85.2 Å². The molecule has 0 saturated carbocycles. The largest absolute Gasteiger partial charge is 0.314 e. The van der Waals surface area contributed by atoms with Crippen LogP contribution < -0.4 is 5.32 Å². The van der Waals surface area contributed by atoms with Gasteiger partial charge >= 0.3 is 0 Å². The van der Waals surface area contributed by atoms with Crippen LogP contribution in [0.3, 0.4) is 0 Å².